The van der Waals surface area contributed by atoms with Gasteiger partial charge in [0.15, 0.2) is 5.82 Å². The number of anilines is 4. The molecule has 0 saturated carbocycles. The van der Waals surface area contributed by atoms with Crippen LogP contribution in [0, 0.1) is 11.3 Å². The lowest BCUT2D eigenvalue weighted by molar-refractivity contribution is 0.754. The van der Waals surface area contributed by atoms with Gasteiger partial charge in [0, 0.05) is 17.9 Å². The molecule has 0 saturated heterocycles. The average Bonchev–Trinajstić information content (AvgIpc) is 2.68. The number of nitriles is 1. The molecule has 0 aliphatic carbocycles. The molecule has 0 amide bonds. The van der Waals surface area contributed by atoms with Crippen LogP contribution in [0.5, 0.6) is 0 Å². The molecule has 0 atom stereocenters. The number of hydrogen-bond acceptors (Lipinski definition) is 6. The molecule has 6 nitrogen and oxygen atoms in total. The van der Waals surface area contributed by atoms with Crippen LogP contribution in [0.4, 0.5) is 23.1 Å². The van der Waals surface area contributed by atoms with E-state index in [1.807, 2.05) is 18.2 Å². The van der Waals surface area contributed by atoms with Crippen molar-refractivity contribution in [1.29, 1.82) is 5.26 Å². The van der Waals surface area contributed by atoms with Gasteiger partial charge < -0.3 is 10.2 Å². The molecule has 0 spiro atoms. The van der Waals surface area contributed by atoms with E-state index in [1.165, 1.54) is 11.3 Å². The normalized spacial score (nSPS) is 13.0. The van der Waals surface area contributed by atoms with Crippen molar-refractivity contribution < 1.29 is 0 Å². The summed E-state index contributed by atoms with van der Waals surface area (Å²) in [4.78, 5) is 6.79. The molecular weight excluding hydrogens is 312 g/mol. The smallest absolute Gasteiger partial charge is 0.249 e. The van der Waals surface area contributed by atoms with Crippen molar-refractivity contribution in [2.45, 2.75) is 12.8 Å². The van der Waals surface area contributed by atoms with Crippen LogP contribution in [-0.2, 0) is 6.42 Å². The maximum absolute atomic E-state index is 8.87. The molecule has 0 fully saturated rings. The number of fused-ring (bicyclic) bond motifs is 1. The highest BCUT2D eigenvalue weighted by atomic mass is 15.3. The van der Waals surface area contributed by atoms with Gasteiger partial charge in [0.25, 0.3) is 0 Å². The standard InChI is InChI=1S/C19H16N6/c20-12-14-7-9-16(10-8-14)22-19-23-18(13-21-24-19)25-11-3-5-15-4-1-2-6-17(15)25/h1-2,4,6-10,13H,3,5,11H2,(H,22,23,24). The molecule has 122 valence electrons. The van der Waals surface area contributed by atoms with E-state index in [1.54, 1.807) is 18.3 Å². The predicted molar refractivity (Wildman–Crippen MR) is 96.0 cm³/mol. The Kier molecular flexibility index (Phi) is 3.97. The van der Waals surface area contributed by atoms with E-state index in [-0.39, 0.29) is 0 Å². The van der Waals surface area contributed by atoms with E-state index >= 15 is 0 Å². The van der Waals surface area contributed by atoms with Crippen LogP contribution < -0.4 is 10.2 Å². The molecular formula is C19H16N6. The first-order valence-electron chi connectivity index (χ1n) is 8.16. The summed E-state index contributed by atoms with van der Waals surface area (Å²) in [7, 11) is 0. The zero-order chi connectivity index (χ0) is 17.1. The molecule has 1 aliphatic heterocycles. The van der Waals surface area contributed by atoms with Gasteiger partial charge in [-0.3, -0.25) is 0 Å². The maximum Gasteiger partial charge on any atom is 0.249 e. The van der Waals surface area contributed by atoms with Gasteiger partial charge in [-0.15, -0.1) is 5.10 Å². The van der Waals surface area contributed by atoms with Crippen molar-refractivity contribution in [3.05, 3.63) is 65.9 Å². The molecule has 1 N–H and O–H groups in total. The third-order valence-electron chi connectivity index (χ3n) is 4.20. The highest BCUT2D eigenvalue weighted by molar-refractivity contribution is 5.66. The Morgan fingerprint density at radius 3 is 2.76 bits per heavy atom. The molecule has 0 unspecified atom stereocenters. The van der Waals surface area contributed by atoms with E-state index in [0.29, 0.717) is 11.5 Å². The fraction of sp³-hybridized carbons (Fsp3) is 0.158. The van der Waals surface area contributed by atoms with Gasteiger partial charge in [-0.05, 0) is 48.7 Å². The Bertz CT molecular complexity index is 929. The van der Waals surface area contributed by atoms with Crippen molar-refractivity contribution in [2.24, 2.45) is 0 Å². The lowest BCUT2D eigenvalue weighted by Crippen LogP contribution is -2.25. The minimum absolute atomic E-state index is 0.435. The number of aromatic nitrogens is 3. The van der Waals surface area contributed by atoms with E-state index in [9.17, 15) is 0 Å². The summed E-state index contributed by atoms with van der Waals surface area (Å²) in [5.74, 6) is 1.21. The second-order valence-electron chi connectivity index (χ2n) is 5.84. The molecule has 25 heavy (non-hydrogen) atoms. The summed E-state index contributed by atoms with van der Waals surface area (Å²) in [6, 6.07) is 17.6. The van der Waals surface area contributed by atoms with Gasteiger partial charge in [0.1, 0.15) is 0 Å². The van der Waals surface area contributed by atoms with E-state index < -0.39 is 0 Å². The Hall–Kier alpha value is -3.46. The molecule has 2 heterocycles. The Morgan fingerprint density at radius 2 is 1.92 bits per heavy atom. The van der Waals surface area contributed by atoms with Gasteiger partial charge >= 0.3 is 0 Å². The Balaban J connectivity index is 1.61. The van der Waals surface area contributed by atoms with Crippen molar-refractivity contribution in [1.82, 2.24) is 15.2 Å². The molecule has 0 bridgehead atoms. The molecule has 1 aliphatic rings. The van der Waals surface area contributed by atoms with Gasteiger partial charge in [0.2, 0.25) is 5.95 Å². The van der Waals surface area contributed by atoms with E-state index in [0.717, 1.165) is 30.9 Å². The summed E-state index contributed by atoms with van der Waals surface area (Å²) in [6.45, 7) is 0.909. The van der Waals surface area contributed by atoms with Crippen LogP contribution in [0.1, 0.15) is 17.5 Å². The predicted octanol–water partition coefficient (Wildman–Crippen LogP) is 3.57. The minimum Gasteiger partial charge on any atom is -0.325 e. The quantitative estimate of drug-likeness (QED) is 0.792. The molecule has 1 aromatic heterocycles. The SMILES string of the molecule is N#Cc1ccc(Nc2nncc(N3CCCc4ccccc43)n2)cc1. The summed E-state index contributed by atoms with van der Waals surface area (Å²) in [5, 5.41) is 20.2. The van der Waals surface area contributed by atoms with Crippen molar-refractivity contribution in [3.8, 4) is 6.07 Å². The monoisotopic (exact) mass is 328 g/mol. The fourth-order valence-electron chi connectivity index (χ4n) is 3.01. The number of nitrogens with zero attached hydrogens (tertiary/aromatic N) is 5. The number of para-hydroxylation sites is 1. The second kappa shape index (κ2) is 6.57. The first kappa shape index (κ1) is 15.1. The van der Waals surface area contributed by atoms with Gasteiger partial charge in [0.05, 0.1) is 17.8 Å². The van der Waals surface area contributed by atoms with Crippen LogP contribution in [0.2, 0.25) is 0 Å². The van der Waals surface area contributed by atoms with Crippen LogP contribution in [0.3, 0.4) is 0 Å². The van der Waals surface area contributed by atoms with Crippen molar-refractivity contribution >= 4 is 23.1 Å². The summed E-state index contributed by atoms with van der Waals surface area (Å²) in [6.07, 6.45) is 3.85. The maximum atomic E-state index is 8.87. The van der Waals surface area contributed by atoms with Crippen molar-refractivity contribution in [3.63, 3.8) is 0 Å². The number of nitrogens with one attached hydrogen (secondary N) is 1. The topological polar surface area (TPSA) is 77.7 Å². The average molecular weight is 328 g/mol. The van der Waals surface area contributed by atoms with Crippen LogP contribution in [-0.4, -0.2) is 21.7 Å². The molecule has 0 radical (unpaired) electrons. The van der Waals surface area contributed by atoms with Crippen LogP contribution in [0.15, 0.2) is 54.7 Å². The summed E-state index contributed by atoms with van der Waals surface area (Å²) < 4.78 is 0. The zero-order valence-corrected chi connectivity index (χ0v) is 13.6. The lowest BCUT2D eigenvalue weighted by Gasteiger charge is -2.30. The van der Waals surface area contributed by atoms with Crippen LogP contribution in [0.25, 0.3) is 0 Å². The third kappa shape index (κ3) is 3.12. The van der Waals surface area contributed by atoms with Gasteiger partial charge in [-0.2, -0.15) is 15.3 Å². The molecule has 6 heteroatoms. The third-order valence-corrected chi connectivity index (χ3v) is 4.20. The first-order valence-corrected chi connectivity index (χ1v) is 8.16. The van der Waals surface area contributed by atoms with Gasteiger partial charge in [-0.1, -0.05) is 18.2 Å². The Labute approximate surface area is 145 Å². The minimum atomic E-state index is 0.435. The highest BCUT2D eigenvalue weighted by Gasteiger charge is 2.19. The zero-order valence-electron chi connectivity index (χ0n) is 13.6. The number of hydrogen-bond donors (Lipinski definition) is 1. The number of aryl methyl sites for hydroxylation is 1. The summed E-state index contributed by atoms with van der Waals surface area (Å²) in [5.41, 5.74) is 3.94. The largest absolute Gasteiger partial charge is 0.325 e. The molecule has 3 aromatic rings. The highest BCUT2D eigenvalue weighted by Crippen LogP contribution is 2.32. The second-order valence-corrected chi connectivity index (χ2v) is 5.84. The number of benzene rings is 2. The van der Waals surface area contributed by atoms with Crippen molar-refractivity contribution in [2.75, 3.05) is 16.8 Å². The Morgan fingerprint density at radius 1 is 1.08 bits per heavy atom. The van der Waals surface area contributed by atoms with E-state index in [4.69, 9.17) is 5.26 Å². The summed E-state index contributed by atoms with van der Waals surface area (Å²) >= 11 is 0. The molecule has 4 rings (SSSR count). The van der Waals surface area contributed by atoms with Gasteiger partial charge in [-0.25, -0.2) is 0 Å². The number of rotatable bonds is 3. The van der Waals surface area contributed by atoms with Crippen LogP contribution >= 0.6 is 0 Å². The van der Waals surface area contributed by atoms with E-state index in [2.05, 4.69) is 49.7 Å². The lowest BCUT2D eigenvalue weighted by atomic mass is 10.0. The molecule has 2 aromatic carbocycles. The first-order chi connectivity index (χ1) is 12.3. The fourth-order valence-corrected chi connectivity index (χ4v) is 3.01.